The molecule has 2 aromatic heterocycles. The Morgan fingerprint density at radius 1 is 1.41 bits per heavy atom. The fourth-order valence-corrected chi connectivity index (χ4v) is 2.90. The van der Waals surface area contributed by atoms with Gasteiger partial charge in [0.05, 0.1) is 11.9 Å². The Bertz CT molecular complexity index is 621. The Morgan fingerprint density at radius 2 is 2.27 bits per heavy atom. The van der Waals surface area contributed by atoms with Crippen LogP contribution >= 0.6 is 0 Å². The van der Waals surface area contributed by atoms with Gasteiger partial charge in [-0.15, -0.1) is 0 Å². The van der Waals surface area contributed by atoms with E-state index in [4.69, 9.17) is 0 Å². The van der Waals surface area contributed by atoms with E-state index in [9.17, 15) is 5.11 Å². The van der Waals surface area contributed by atoms with Gasteiger partial charge in [0.1, 0.15) is 0 Å². The molecule has 22 heavy (non-hydrogen) atoms. The molecule has 0 amide bonds. The minimum atomic E-state index is -0.103. The van der Waals surface area contributed by atoms with Crippen LogP contribution in [0.3, 0.4) is 0 Å². The van der Waals surface area contributed by atoms with Gasteiger partial charge in [-0.2, -0.15) is 5.10 Å². The third-order valence-corrected chi connectivity index (χ3v) is 4.30. The summed E-state index contributed by atoms with van der Waals surface area (Å²) in [7, 11) is 0. The molecule has 0 saturated carbocycles. The molecule has 1 aliphatic carbocycles. The molecule has 0 spiro atoms. The quantitative estimate of drug-likeness (QED) is 0.889. The maximum atomic E-state index is 9.41. The van der Waals surface area contributed by atoms with E-state index in [1.54, 1.807) is 6.20 Å². The van der Waals surface area contributed by atoms with Crippen molar-refractivity contribution in [2.24, 2.45) is 5.41 Å². The molecule has 0 aromatic carbocycles. The number of hydrogen-bond acceptors (Lipinski definition) is 4. The Morgan fingerprint density at radius 3 is 3.00 bits per heavy atom. The molecule has 3 rings (SSSR count). The van der Waals surface area contributed by atoms with E-state index in [0.29, 0.717) is 6.04 Å². The number of aromatic nitrogens is 3. The van der Waals surface area contributed by atoms with E-state index >= 15 is 0 Å². The standard InChI is InChI=1S/C17H24N4O/c1-17(2,12-22)11-19-14-6-5-7-15-13(14)10-20-21(15)16-8-3-4-9-18-16/h3-4,8-10,14,19,22H,5-7,11-12H2,1-2H3/t14-/m0/s1. The summed E-state index contributed by atoms with van der Waals surface area (Å²) in [5.74, 6) is 0.875. The molecular weight excluding hydrogens is 276 g/mol. The smallest absolute Gasteiger partial charge is 0.153 e. The summed E-state index contributed by atoms with van der Waals surface area (Å²) < 4.78 is 1.96. The number of hydrogen-bond donors (Lipinski definition) is 2. The van der Waals surface area contributed by atoms with Crippen LogP contribution in [0.4, 0.5) is 0 Å². The van der Waals surface area contributed by atoms with Gasteiger partial charge in [0.2, 0.25) is 0 Å². The summed E-state index contributed by atoms with van der Waals surface area (Å²) in [4.78, 5) is 4.40. The molecule has 1 aliphatic rings. The van der Waals surface area contributed by atoms with Gasteiger partial charge in [-0.3, -0.25) is 0 Å². The first-order valence-corrected chi connectivity index (χ1v) is 7.93. The van der Waals surface area contributed by atoms with Gasteiger partial charge in [-0.05, 0) is 31.4 Å². The molecule has 0 fully saturated rings. The average Bonchev–Trinajstić information content (AvgIpc) is 2.98. The molecule has 5 heteroatoms. The molecule has 1 atom stereocenters. The van der Waals surface area contributed by atoms with Crippen molar-refractivity contribution in [1.29, 1.82) is 0 Å². The van der Waals surface area contributed by atoms with Gasteiger partial charge >= 0.3 is 0 Å². The summed E-state index contributed by atoms with van der Waals surface area (Å²) in [6.45, 7) is 5.12. The Kier molecular flexibility index (Phi) is 4.27. The highest BCUT2D eigenvalue weighted by Gasteiger charge is 2.26. The van der Waals surface area contributed by atoms with Crippen molar-refractivity contribution in [3.63, 3.8) is 0 Å². The van der Waals surface area contributed by atoms with E-state index in [1.807, 2.05) is 29.1 Å². The zero-order valence-corrected chi connectivity index (χ0v) is 13.3. The van der Waals surface area contributed by atoms with Gasteiger partial charge in [0, 0.05) is 36.4 Å². The number of aliphatic hydroxyl groups excluding tert-OH is 1. The van der Waals surface area contributed by atoms with Gasteiger partial charge in [0.25, 0.3) is 0 Å². The van der Waals surface area contributed by atoms with Crippen molar-refractivity contribution < 1.29 is 5.11 Å². The molecule has 5 nitrogen and oxygen atoms in total. The van der Waals surface area contributed by atoms with Crippen LogP contribution < -0.4 is 5.32 Å². The highest BCUT2D eigenvalue weighted by molar-refractivity contribution is 5.32. The lowest BCUT2D eigenvalue weighted by Gasteiger charge is -2.29. The molecule has 2 heterocycles. The minimum absolute atomic E-state index is 0.103. The molecule has 2 aromatic rings. The third kappa shape index (κ3) is 3.05. The second kappa shape index (κ2) is 6.18. The monoisotopic (exact) mass is 300 g/mol. The van der Waals surface area contributed by atoms with Gasteiger partial charge in [-0.1, -0.05) is 19.9 Å². The summed E-state index contributed by atoms with van der Waals surface area (Å²) in [5, 5.41) is 17.6. The van der Waals surface area contributed by atoms with Crippen LogP contribution in [0, 0.1) is 5.41 Å². The third-order valence-electron chi connectivity index (χ3n) is 4.30. The van der Waals surface area contributed by atoms with Gasteiger partial charge in [-0.25, -0.2) is 9.67 Å². The predicted molar refractivity (Wildman–Crippen MR) is 85.9 cm³/mol. The topological polar surface area (TPSA) is 63.0 Å². The lowest BCUT2D eigenvalue weighted by Crippen LogP contribution is -2.35. The summed E-state index contributed by atoms with van der Waals surface area (Å²) >= 11 is 0. The predicted octanol–water partition coefficient (Wildman–Crippen LogP) is 2.25. The van der Waals surface area contributed by atoms with Crippen molar-refractivity contribution in [1.82, 2.24) is 20.1 Å². The average molecular weight is 300 g/mol. The van der Waals surface area contributed by atoms with E-state index in [2.05, 4.69) is 29.2 Å². The number of nitrogens with zero attached hydrogens (tertiary/aromatic N) is 3. The van der Waals surface area contributed by atoms with Crippen LogP contribution in [0.15, 0.2) is 30.6 Å². The van der Waals surface area contributed by atoms with Crippen molar-refractivity contribution in [3.8, 4) is 5.82 Å². The first kappa shape index (κ1) is 15.2. The SMILES string of the molecule is CC(C)(CO)CN[C@H]1CCCc2c1cnn2-c1ccccn1. The number of aliphatic hydroxyl groups is 1. The highest BCUT2D eigenvalue weighted by Crippen LogP contribution is 2.31. The maximum Gasteiger partial charge on any atom is 0.153 e. The fourth-order valence-electron chi connectivity index (χ4n) is 2.90. The van der Waals surface area contributed by atoms with Crippen molar-refractivity contribution >= 4 is 0 Å². The molecule has 0 saturated heterocycles. The Labute approximate surface area is 131 Å². The first-order chi connectivity index (χ1) is 10.6. The first-order valence-electron chi connectivity index (χ1n) is 7.93. The van der Waals surface area contributed by atoms with Crippen LogP contribution in [-0.4, -0.2) is 33.0 Å². The van der Waals surface area contributed by atoms with E-state index in [1.165, 1.54) is 11.3 Å². The van der Waals surface area contributed by atoms with E-state index in [-0.39, 0.29) is 12.0 Å². The number of rotatable bonds is 5. The van der Waals surface area contributed by atoms with Crippen molar-refractivity contribution in [3.05, 3.63) is 41.9 Å². The Hall–Kier alpha value is -1.72. The number of nitrogens with one attached hydrogen (secondary N) is 1. The second-order valence-electron chi connectivity index (χ2n) is 6.79. The maximum absolute atomic E-state index is 9.41. The van der Waals surface area contributed by atoms with E-state index in [0.717, 1.165) is 31.6 Å². The lowest BCUT2D eigenvalue weighted by atomic mass is 9.90. The summed E-state index contributed by atoms with van der Waals surface area (Å²) in [6.07, 6.45) is 7.05. The van der Waals surface area contributed by atoms with Crippen LogP contribution in [-0.2, 0) is 6.42 Å². The zero-order valence-electron chi connectivity index (χ0n) is 13.3. The minimum Gasteiger partial charge on any atom is -0.396 e. The normalized spacial score (nSPS) is 18.2. The van der Waals surface area contributed by atoms with Crippen LogP contribution in [0.1, 0.15) is 44.0 Å². The van der Waals surface area contributed by atoms with Crippen LogP contribution in [0.2, 0.25) is 0 Å². The molecule has 2 N–H and O–H groups in total. The summed E-state index contributed by atoms with van der Waals surface area (Å²) in [6, 6.07) is 6.20. The Balaban J connectivity index is 1.82. The molecular formula is C17H24N4O. The highest BCUT2D eigenvalue weighted by atomic mass is 16.3. The molecule has 0 unspecified atom stereocenters. The largest absolute Gasteiger partial charge is 0.396 e. The van der Waals surface area contributed by atoms with Crippen LogP contribution in [0.5, 0.6) is 0 Å². The van der Waals surface area contributed by atoms with Crippen molar-refractivity contribution in [2.45, 2.75) is 39.2 Å². The van der Waals surface area contributed by atoms with Gasteiger partial charge in [0.15, 0.2) is 5.82 Å². The molecule has 118 valence electrons. The molecule has 0 aliphatic heterocycles. The number of fused-ring (bicyclic) bond motifs is 1. The lowest BCUT2D eigenvalue weighted by molar-refractivity contribution is 0.152. The van der Waals surface area contributed by atoms with Crippen molar-refractivity contribution in [2.75, 3.05) is 13.2 Å². The number of pyridine rings is 1. The zero-order chi connectivity index (χ0) is 15.6. The van der Waals surface area contributed by atoms with E-state index < -0.39 is 0 Å². The van der Waals surface area contributed by atoms with Crippen LogP contribution in [0.25, 0.3) is 5.82 Å². The molecule has 0 radical (unpaired) electrons. The fraction of sp³-hybridized carbons (Fsp3) is 0.529. The molecule has 0 bridgehead atoms. The second-order valence-corrected chi connectivity index (χ2v) is 6.79. The van der Waals surface area contributed by atoms with Gasteiger partial charge < -0.3 is 10.4 Å². The summed E-state index contributed by atoms with van der Waals surface area (Å²) in [5.41, 5.74) is 2.42.